The maximum Gasteiger partial charge on any atom is 0.199 e. The number of fused-ring (bicyclic) bond motifs is 1. The summed E-state index contributed by atoms with van der Waals surface area (Å²) >= 11 is 6.15. The van der Waals surface area contributed by atoms with E-state index in [0.717, 1.165) is 35.0 Å². The van der Waals surface area contributed by atoms with Crippen molar-refractivity contribution in [3.63, 3.8) is 0 Å². The Morgan fingerprint density at radius 1 is 1.25 bits per heavy atom. The predicted molar refractivity (Wildman–Crippen MR) is 76.8 cm³/mol. The van der Waals surface area contributed by atoms with E-state index in [-0.39, 0.29) is 0 Å². The van der Waals surface area contributed by atoms with Gasteiger partial charge in [-0.15, -0.1) is 10.2 Å². The molecule has 3 aromatic heterocycles. The first-order valence-electron chi connectivity index (χ1n) is 6.44. The maximum absolute atomic E-state index is 6.15. The van der Waals surface area contributed by atoms with Crippen LogP contribution in [0.2, 0.25) is 5.15 Å². The van der Waals surface area contributed by atoms with Crippen LogP contribution in [0.4, 0.5) is 0 Å². The Kier molecular flexibility index (Phi) is 2.97. The van der Waals surface area contributed by atoms with Crippen LogP contribution in [-0.4, -0.2) is 29.4 Å². The lowest BCUT2D eigenvalue weighted by atomic mass is 10.3. The molecule has 0 N–H and O–H groups in total. The first kappa shape index (κ1) is 13.1. The molecule has 3 heterocycles. The Bertz CT molecular complexity index is 801. The van der Waals surface area contributed by atoms with Crippen LogP contribution >= 0.6 is 11.6 Å². The van der Waals surface area contributed by atoms with Gasteiger partial charge >= 0.3 is 0 Å². The molecule has 0 radical (unpaired) electrons. The van der Waals surface area contributed by atoms with Crippen LogP contribution in [0.25, 0.3) is 17.2 Å². The summed E-state index contributed by atoms with van der Waals surface area (Å²) in [6.45, 7) is 5.98. The van der Waals surface area contributed by atoms with Crippen LogP contribution in [0, 0.1) is 13.8 Å². The van der Waals surface area contributed by atoms with Crippen molar-refractivity contribution in [3.05, 3.63) is 28.3 Å². The molecule has 0 aliphatic rings. The maximum atomic E-state index is 6.15. The highest BCUT2D eigenvalue weighted by atomic mass is 35.5. The zero-order valence-electron chi connectivity index (χ0n) is 11.8. The third kappa shape index (κ3) is 1.79. The number of aryl methyl sites for hydroxylation is 4. The van der Waals surface area contributed by atoms with Crippen molar-refractivity contribution in [2.75, 3.05) is 0 Å². The minimum absolute atomic E-state index is 0.365. The van der Waals surface area contributed by atoms with Crippen molar-refractivity contribution >= 4 is 17.2 Å². The standard InChI is InChI=1S/C13H15ClN6/c1-5-9-6-10(19(4)18-9)12-16-17-13-11(14)15-7(2)8(3)20(12)13/h6H,5H2,1-4H3. The van der Waals surface area contributed by atoms with E-state index in [4.69, 9.17) is 11.6 Å². The van der Waals surface area contributed by atoms with Crippen molar-refractivity contribution in [1.82, 2.24) is 29.4 Å². The van der Waals surface area contributed by atoms with E-state index < -0.39 is 0 Å². The molecular weight excluding hydrogens is 276 g/mol. The van der Waals surface area contributed by atoms with E-state index >= 15 is 0 Å². The van der Waals surface area contributed by atoms with E-state index in [9.17, 15) is 0 Å². The van der Waals surface area contributed by atoms with Gasteiger partial charge in [0.15, 0.2) is 16.6 Å². The number of halogens is 1. The van der Waals surface area contributed by atoms with Crippen LogP contribution in [0.5, 0.6) is 0 Å². The number of nitrogens with zero attached hydrogens (tertiary/aromatic N) is 6. The highest BCUT2D eigenvalue weighted by Crippen LogP contribution is 2.24. The summed E-state index contributed by atoms with van der Waals surface area (Å²) in [5, 5.41) is 13.2. The van der Waals surface area contributed by atoms with Gasteiger partial charge in [0.25, 0.3) is 0 Å². The van der Waals surface area contributed by atoms with Crippen molar-refractivity contribution in [2.45, 2.75) is 27.2 Å². The fraction of sp³-hybridized carbons (Fsp3) is 0.385. The van der Waals surface area contributed by atoms with Gasteiger partial charge in [-0.2, -0.15) is 5.10 Å². The monoisotopic (exact) mass is 290 g/mol. The molecule has 0 atom stereocenters. The summed E-state index contributed by atoms with van der Waals surface area (Å²) < 4.78 is 3.75. The van der Waals surface area contributed by atoms with E-state index in [2.05, 4.69) is 27.2 Å². The van der Waals surface area contributed by atoms with E-state index in [1.807, 2.05) is 36.0 Å². The molecular formula is C13H15ClN6. The Morgan fingerprint density at radius 3 is 2.65 bits per heavy atom. The first-order valence-corrected chi connectivity index (χ1v) is 6.81. The minimum Gasteiger partial charge on any atom is -0.274 e. The molecule has 6 nitrogen and oxygen atoms in total. The Labute approximate surface area is 121 Å². The van der Waals surface area contributed by atoms with Gasteiger partial charge in [0, 0.05) is 12.7 Å². The highest BCUT2D eigenvalue weighted by Gasteiger charge is 2.18. The van der Waals surface area contributed by atoms with Gasteiger partial charge in [0.1, 0.15) is 5.69 Å². The van der Waals surface area contributed by atoms with E-state index in [1.54, 1.807) is 0 Å². The predicted octanol–water partition coefficient (Wildman–Crippen LogP) is 2.36. The molecule has 0 spiro atoms. The third-order valence-electron chi connectivity index (χ3n) is 3.49. The normalized spacial score (nSPS) is 11.4. The molecule has 0 unspecified atom stereocenters. The average Bonchev–Trinajstić information content (AvgIpc) is 2.99. The van der Waals surface area contributed by atoms with Gasteiger partial charge in [-0.1, -0.05) is 18.5 Å². The summed E-state index contributed by atoms with van der Waals surface area (Å²) in [4.78, 5) is 4.27. The molecule has 0 fully saturated rings. The fourth-order valence-electron chi connectivity index (χ4n) is 2.25. The molecule has 0 bridgehead atoms. The Hall–Kier alpha value is -1.95. The van der Waals surface area contributed by atoms with Crippen molar-refractivity contribution in [3.8, 4) is 11.5 Å². The first-order chi connectivity index (χ1) is 9.52. The molecule has 0 amide bonds. The van der Waals surface area contributed by atoms with Crippen LogP contribution in [0.1, 0.15) is 24.0 Å². The topological polar surface area (TPSA) is 60.9 Å². The Balaban J connectivity index is 2.34. The summed E-state index contributed by atoms with van der Waals surface area (Å²) in [6, 6.07) is 2.03. The van der Waals surface area contributed by atoms with Gasteiger partial charge in [-0.25, -0.2) is 4.98 Å². The molecule has 3 aromatic rings. The summed E-state index contributed by atoms with van der Waals surface area (Å²) in [6.07, 6.45) is 0.880. The number of hydrogen-bond acceptors (Lipinski definition) is 4. The van der Waals surface area contributed by atoms with Gasteiger partial charge in [0.2, 0.25) is 0 Å². The highest BCUT2D eigenvalue weighted by molar-refractivity contribution is 6.32. The van der Waals surface area contributed by atoms with Crippen LogP contribution in [-0.2, 0) is 13.5 Å². The second-order valence-corrected chi connectivity index (χ2v) is 5.11. The quantitative estimate of drug-likeness (QED) is 0.727. The van der Waals surface area contributed by atoms with Crippen molar-refractivity contribution < 1.29 is 0 Å². The number of hydrogen-bond donors (Lipinski definition) is 0. The lowest BCUT2D eigenvalue weighted by Crippen LogP contribution is -2.03. The molecule has 0 aliphatic heterocycles. The molecule has 20 heavy (non-hydrogen) atoms. The average molecular weight is 291 g/mol. The van der Waals surface area contributed by atoms with Gasteiger partial charge in [0.05, 0.1) is 11.4 Å². The lowest BCUT2D eigenvalue weighted by Gasteiger charge is -2.07. The third-order valence-corrected chi connectivity index (χ3v) is 3.75. The molecule has 7 heteroatoms. The van der Waals surface area contributed by atoms with Crippen molar-refractivity contribution in [2.24, 2.45) is 7.05 Å². The smallest absolute Gasteiger partial charge is 0.199 e. The summed E-state index contributed by atoms with van der Waals surface area (Å²) in [5.41, 5.74) is 4.35. The van der Waals surface area contributed by atoms with Crippen LogP contribution in [0.15, 0.2) is 6.07 Å². The summed E-state index contributed by atoms with van der Waals surface area (Å²) in [5.74, 6) is 0.736. The van der Waals surface area contributed by atoms with Gasteiger partial charge in [-0.05, 0) is 26.3 Å². The SMILES string of the molecule is CCc1cc(-c2nnc3c(Cl)nc(C)c(C)n23)n(C)n1. The lowest BCUT2D eigenvalue weighted by molar-refractivity contribution is 0.746. The fourth-order valence-corrected chi connectivity index (χ4v) is 2.50. The molecule has 0 aromatic carbocycles. The number of rotatable bonds is 2. The van der Waals surface area contributed by atoms with Crippen LogP contribution in [0.3, 0.4) is 0 Å². The van der Waals surface area contributed by atoms with Gasteiger partial charge < -0.3 is 0 Å². The second-order valence-electron chi connectivity index (χ2n) is 4.75. The second kappa shape index (κ2) is 4.56. The number of aromatic nitrogens is 6. The summed E-state index contributed by atoms with van der Waals surface area (Å²) in [7, 11) is 1.90. The van der Waals surface area contributed by atoms with E-state index in [0.29, 0.717) is 10.8 Å². The zero-order valence-corrected chi connectivity index (χ0v) is 12.6. The minimum atomic E-state index is 0.365. The molecule has 0 aliphatic carbocycles. The molecule has 3 rings (SSSR count). The van der Waals surface area contributed by atoms with Crippen LogP contribution < -0.4 is 0 Å². The van der Waals surface area contributed by atoms with E-state index in [1.165, 1.54) is 0 Å². The molecule has 0 saturated carbocycles. The largest absolute Gasteiger partial charge is 0.274 e. The zero-order chi connectivity index (χ0) is 14.4. The Morgan fingerprint density at radius 2 is 2.00 bits per heavy atom. The van der Waals surface area contributed by atoms with Gasteiger partial charge in [-0.3, -0.25) is 9.08 Å². The molecule has 0 saturated heterocycles. The molecule has 104 valence electrons. The van der Waals surface area contributed by atoms with Crippen molar-refractivity contribution in [1.29, 1.82) is 0 Å².